The summed E-state index contributed by atoms with van der Waals surface area (Å²) in [6.07, 6.45) is 4.50. The summed E-state index contributed by atoms with van der Waals surface area (Å²) in [5, 5.41) is 7.42. The van der Waals surface area contributed by atoms with E-state index < -0.39 is 5.97 Å². The summed E-state index contributed by atoms with van der Waals surface area (Å²) in [7, 11) is 0. The smallest absolute Gasteiger partial charge is 0.302 e. The van der Waals surface area contributed by atoms with Crippen LogP contribution in [-0.2, 0) is 14.3 Å². The number of rotatable bonds is 1. The molecule has 0 spiro atoms. The van der Waals surface area contributed by atoms with Crippen LogP contribution < -0.4 is 0 Å². The third-order valence-electron chi connectivity index (χ3n) is 0.701. The first-order chi connectivity index (χ1) is 6.00. The maximum atomic E-state index is 9.82. The second-order valence-corrected chi connectivity index (χ2v) is 2.50. The maximum Gasteiger partial charge on any atom is 0.302 e. The summed E-state index contributed by atoms with van der Waals surface area (Å²) in [4.78, 5) is 18.8. The molecule has 78 valence electrons. The van der Waals surface area contributed by atoms with Crippen molar-refractivity contribution in [3.8, 4) is 0 Å². The average molecular weight is 190 g/mol. The number of ether oxygens (including phenoxy) is 1. The van der Waals surface area contributed by atoms with Gasteiger partial charge in [-0.15, -0.1) is 0 Å². The van der Waals surface area contributed by atoms with Crippen molar-refractivity contribution in [2.75, 3.05) is 6.61 Å². The normalized spacial score (nSPS) is 11.0. The van der Waals surface area contributed by atoms with Gasteiger partial charge in [-0.25, -0.2) is 0 Å². The zero-order chi connectivity index (χ0) is 10.7. The molecule has 0 radical (unpaired) electrons. The Morgan fingerprint density at radius 2 is 1.54 bits per heavy atom. The van der Waals surface area contributed by atoms with Gasteiger partial charge in [-0.05, 0) is 6.92 Å². The van der Waals surface area contributed by atoms with Crippen molar-refractivity contribution in [2.24, 2.45) is 0 Å². The predicted octanol–water partition coefficient (Wildman–Crippen LogP) is 1.83. The number of hydrogen-bond acceptors (Lipinski definition) is 3. The van der Waals surface area contributed by atoms with Gasteiger partial charge in [0.1, 0.15) is 0 Å². The largest absolute Gasteiger partial charge is 0.481 e. The predicted molar refractivity (Wildman–Crippen MR) is 49.5 cm³/mol. The van der Waals surface area contributed by atoms with E-state index in [0.717, 1.165) is 6.92 Å². The van der Waals surface area contributed by atoms with Gasteiger partial charge < -0.3 is 9.84 Å². The monoisotopic (exact) mass is 190 g/mol. The van der Waals surface area contributed by atoms with Crippen LogP contribution in [0, 0.1) is 0 Å². The number of carboxylic acid groups (broad SMARTS) is 1. The number of carbonyl (C=O) groups excluding carboxylic acids is 1. The van der Waals surface area contributed by atoms with E-state index in [1.165, 1.54) is 26.2 Å². The van der Waals surface area contributed by atoms with Crippen LogP contribution >= 0.6 is 0 Å². The summed E-state index contributed by atoms with van der Waals surface area (Å²) < 4.78 is 4.40. The molecule has 0 atom stereocenters. The van der Waals surface area contributed by atoms with E-state index in [0.29, 0.717) is 6.61 Å². The Morgan fingerprint density at radius 1 is 1.23 bits per heavy atom. The van der Waals surface area contributed by atoms with E-state index in [9.17, 15) is 4.79 Å². The highest BCUT2D eigenvalue weighted by atomic mass is 16.5. The Hall–Kier alpha value is -1.06. The molecular formula is C9H18O4. The molecule has 0 aromatic carbocycles. The van der Waals surface area contributed by atoms with Crippen LogP contribution in [0.3, 0.4) is 0 Å². The van der Waals surface area contributed by atoms with Crippen LogP contribution in [0.25, 0.3) is 0 Å². The van der Waals surface area contributed by atoms with E-state index in [1.54, 1.807) is 6.92 Å². The quantitative estimate of drug-likeness (QED) is 0.641. The van der Waals surface area contributed by atoms with Gasteiger partial charge >= 0.3 is 5.97 Å². The molecule has 0 aromatic rings. The van der Waals surface area contributed by atoms with E-state index in [1.807, 2.05) is 0 Å². The molecule has 1 aliphatic carbocycles. The molecule has 1 aliphatic rings. The first kappa shape index (κ1) is 14.5. The molecule has 0 amide bonds. The molecule has 0 saturated heterocycles. The lowest BCUT2D eigenvalue weighted by molar-refractivity contribution is -0.140. The minimum Gasteiger partial charge on any atom is -0.481 e. The fourth-order valence-corrected chi connectivity index (χ4v) is 0.203. The second-order valence-electron chi connectivity index (χ2n) is 2.50. The molecule has 1 fully saturated rings. The number of carboxylic acids is 1. The van der Waals surface area contributed by atoms with Crippen molar-refractivity contribution in [1.82, 2.24) is 0 Å². The van der Waals surface area contributed by atoms with Gasteiger partial charge in [-0.2, -0.15) is 0 Å². The summed E-state index contributed by atoms with van der Waals surface area (Å²) in [6.45, 7) is 4.74. The first-order valence-electron chi connectivity index (χ1n) is 4.33. The zero-order valence-electron chi connectivity index (χ0n) is 8.50. The van der Waals surface area contributed by atoms with Crippen LogP contribution in [0.4, 0.5) is 0 Å². The van der Waals surface area contributed by atoms with Crippen LogP contribution in [0.2, 0.25) is 0 Å². The fraction of sp³-hybridized carbons (Fsp3) is 0.778. The van der Waals surface area contributed by atoms with E-state index in [2.05, 4.69) is 4.74 Å². The highest BCUT2D eigenvalue weighted by molar-refractivity contribution is 5.65. The van der Waals surface area contributed by atoms with Crippen LogP contribution in [0.5, 0.6) is 0 Å². The van der Waals surface area contributed by atoms with Gasteiger partial charge in [0, 0.05) is 13.8 Å². The molecule has 1 N–H and O–H groups in total. The third-order valence-corrected chi connectivity index (χ3v) is 0.701. The Morgan fingerprint density at radius 3 is 1.54 bits per heavy atom. The number of aliphatic carboxylic acids is 1. The summed E-state index contributed by atoms with van der Waals surface area (Å²) in [6, 6.07) is 0. The number of hydrogen-bond donors (Lipinski definition) is 1. The molecule has 4 nitrogen and oxygen atoms in total. The lowest BCUT2D eigenvalue weighted by Gasteiger charge is -1.89. The Labute approximate surface area is 78.9 Å². The van der Waals surface area contributed by atoms with Crippen LogP contribution in [-0.4, -0.2) is 23.7 Å². The van der Waals surface area contributed by atoms with Crippen LogP contribution in [0.15, 0.2) is 0 Å². The second kappa shape index (κ2) is 10.9. The SMILES string of the molecule is C1CC1.CC(=O)O.CCOC(C)=O. The van der Waals surface area contributed by atoms with Crippen molar-refractivity contribution < 1.29 is 19.4 Å². The Bertz CT molecular complexity index is 134. The van der Waals surface area contributed by atoms with Gasteiger partial charge in [-0.1, -0.05) is 19.3 Å². The van der Waals surface area contributed by atoms with Crippen molar-refractivity contribution in [1.29, 1.82) is 0 Å². The van der Waals surface area contributed by atoms with Crippen molar-refractivity contribution >= 4 is 11.9 Å². The van der Waals surface area contributed by atoms with Gasteiger partial charge in [-0.3, -0.25) is 9.59 Å². The Balaban J connectivity index is 0. The molecule has 0 aliphatic heterocycles. The summed E-state index contributed by atoms with van der Waals surface area (Å²) in [5.74, 6) is -1.04. The fourth-order valence-electron chi connectivity index (χ4n) is 0.203. The molecule has 0 aromatic heterocycles. The van der Waals surface area contributed by atoms with Gasteiger partial charge in [0.05, 0.1) is 6.61 Å². The van der Waals surface area contributed by atoms with Crippen molar-refractivity contribution in [2.45, 2.75) is 40.0 Å². The Kier molecular flexibility index (Phi) is 12.2. The molecule has 0 heterocycles. The van der Waals surface area contributed by atoms with Gasteiger partial charge in [0.15, 0.2) is 0 Å². The van der Waals surface area contributed by atoms with Crippen molar-refractivity contribution in [3.63, 3.8) is 0 Å². The van der Waals surface area contributed by atoms with Gasteiger partial charge in [0.25, 0.3) is 5.97 Å². The topological polar surface area (TPSA) is 63.6 Å². The number of carbonyl (C=O) groups is 2. The van der Waals surface area contributed by atoms with Gasteiger partial charge in [0.2, 0.25) is 0 Å². The zero-order valence-corrected chi connectivity index (χ0v) is 8.50. The minimum atomic E-state index is -0.833. The highest BCUT2D eigenvalue weighted by Crippen LogP contribution is 2.14. The lowest BCUT2D eigenvalue weighted by atomic mass is 10.8. The molecule has 1 rings (SSSR count). The molecule has 13 heavy (non-hydrogen) atoms. The summed E-state index contributed by atoms with van der Waals surface area (Å²) in [5.41, 5.74) is 0. The molecule has 1 saturated carbocycles. The van der Waals surface area contributed by atoms with E-state index in [4.69, 9.17) is 9.90 Å². The minimum absolute atomic E-state index is 0.211. The third kappa shape index (κ3) is 101. The molecule has 0 unspecified atom stereocenters. The number of esters is 1. The van der Waals surface area contributed by atoms with Crippen molar-refractivity contribution in [3.05, 3.63) is 0 Å². The molecule has 4 heteroatoms. The first-order valence-corrected chi connectivity index (χ1v) is 4.33. The average Bonchev–Trinajstić information content (AvgIpc) is 2.67. The van der Waals surface area contributed by atoms with Crippen LogP contribution in [0.1, 0.15) is 40.0 Å². The summed E-state index contributed by atoms with van der Waals surface area (Å²) >= 11 is 0. The maximum absolute atomic E-state index is 9.82. The molecule has 0 bridgehead atoms. The van der Waals surface area contributed by atoms with E-state index in [-0.39, 0.29) is 5.97 Å². The highest BCUT2D eigenvalue weighted by Gasteiger charge is 1.95. The molecular weight excluding hydrogens is 172 g/mol. The van der Waals surface area contributed by atoms with E-state index >= 15 is 0 Å². The lowest BCUT2D eigenvalue weighted by Crippen LogP contribution is -1.95. The standard InChI is InChI=1S/C4H8O2.C3H6.C2H4O2/c1-3-6-4(2)5;1-2-3-1;1-2(3)4/h3H2,1-2H3;1-3H2;1H3,(H,3,4).